The molecule has 1 fully saturated rings. The molecular formula is C26H27N3O3S2. The van der Waals surface area contributed by atoms with Crippen molar-refractivity contribution in [1.82, 2.24) is 9.55 Å². The number of nitrogens with one attached hydrogen (secondary N) is 1. The molecule has 1 saturated carbocycles. The quantitative estimate of drug-likeness (QED) is 0.281. The SMILES string of the molecule is COc1ccc(-n2c(SCC(=O)Nc3ccc(C)cc3)nc3c(c2=O)[C@@H]2CCCC[C@@H]2S3)cc1. The van der Waals surface area contributed by atoms with E-state index >= 15 is 0 Å². The molecule has 0 radical (unpaired) electrons. The summed E-state index contributed by atoms with van der Waals surface area (Å²) >= 11 is 3.03. The molecule has 2 aromatic carbocycles. The molecule has 1 aliphatic heterocycles. The van der Waals surface area contributed by atoms with Crippen LogP contribution in [0.15, 0.2) is 63.5 Å². The van der Waals surface area contributed by atoms with Gasteiger partial charge in [0.25, 0.3) is 5.56 Å². The number of thioether (sulfide) groups is 2. The van der Waals surface area contributed by atoms with Crippen molar-refractivity contribution in [3.05, 3.63) is 70.0 Å². The summed E-state index contributed by atoms with van der Waals surface area (Å²) in [4.78, 5) is 31.4. The van der Waals surface area contributed by atoms with Crippen molar-refractivity contribution in [1.29, 1.82) is 0 Å². The van der Waals surface area contributed by atoms with Crippen LogP contribution in [0.25, 0.3) is 5.69 Å². The van der Waals surface area contributed by atoms with Crippen molar-refractivity contribution >= 4 is 35.1 Å². The highest BCUT2D eigenvalue weighted by atomic mass is 32.2. The van der Waals surface area contributed by atoms with E-state index in [4.69, 9.17) is 9.72 Å². The summed E-state index contributed by atoms with van der Waals surface area (Å²) in [5.41, 5.74) is 3.45. The van der Waals surface area contributed by atoms with Gasteiger partial charge in [0.1, 0.15) is 10.8 Å². The third-order valence-corrected chi connectivity index (χ3v) is 8.73. The molecule has 2 atom stereocenters. The molecule has 1 N–H and O–H groups in total. The summed E-state index contributed by atoms with van der Waals surface area (Å²) in [6.45, 7) is 2.01. The summed E-state index contributed by atoms with van der Waals surface area (Å²) in [6.07, 6.45) is 4.51. The number of hydrogen-bond acceptors (Lipinski definition) is 6. The second-order valence-electron chi connectivity index (χ2n) is 8.70. The zero-order chi connectivity index (χ0) is 23.7. The van der Waals surface area contributed by atoms with Crippen LogP contribution in [0, 0.1) is 6.92 Å². The van der Waals surface area contributed by atoms with Gasteiger partial charge in [-0.15, -0.1) is 11.8 Å². The average molecular weight is 494 g/mol. The highest BCUT2D eigenvalue weighted by Gasteiger charge is 2.39. The first-order valence-corrected chi connectivity index (χ1v) is 13.4. The van der Waals surface area contributed by atoms with Crippen LogP contribution in [0.1, 0.15) is 42.7 Å². The highest BCUT2D eigenvalue weighted by molar-refractivity contribution is 8.00. The fourth-order valence-corrected chi connectivity index (χ4v) is 7.01. The molecule has 2 aliphatic rings. The van der Waals surface area contributed by atoms with Gasteiger partial charge in [-0.2, -0.15) is 0 Å². The van der Waals surface area contributed by atoms with Crippen LogP contribution < -0.4 is 15.6 Å². The van der Waals surface area contributed by atoms with Crippen molar-refractivity contribution in [3.63, 3.8) is 0 Å². The van der Waals surface area contributed by atoms with Crippen molar-refractivity contribution in [2.45, 2.75) is 54.0 Å². The van der Waals surface area contributed by atoms with Gasteiger partial charge in [0.2, 0.25) is 5.91 Å². The van der Waals surface area contributed by atoms with Gasteiger partial charge < -0.3 is 10.1 Å². The number of aryl methyl sites for hydroxylation is 1. The van der Waals surface area contributed by atoms with E-state index in [1.807, 2.05) is 55.5 Å². The van der Waals surface area contributed by atoms with E-state index in [0.29, 0.717) is 10.4 Å². The van der Waals surface area contributed by atoms with Crippen LogP contribution >= 0.6 is 23.5 Å². The van der Waals surface area contributed by atoms with Gasteiger partial charge in [0.15, 0.2) is 5.16 Å². The number of ether oxygens (including phenoxy) is 1. The van der Waals surface area contributed by atoms with Gasteiger partial charge in [0, 0.05) is 16.9 Å². The summed E-state index contributed by atoms with van der Waals surface area (Å²) < 4.78 is 6.95. The molecule has 34 heavy (non-hydrogen) atoms. The minimum atomic E-state index is -0.133. The van der Waals surface area contributed by atoms with Gasteiger partial charge >= 0.3 is 0 Å². The van der Waals surface area contributed by atoms with E-state index in [-0.39, 0.29) is 23.1 Å². The number of benzene rings is 2. The Morgan fingerprint density at radius 1 is 1.15 bits per heavy atom. The zero-order valence-corrected chi connectivity index (χ0v) is 20.9. The molecule has 8 heteroatoms. The molecule has 1 aliphatic carbocycles. The largest absolute Gasteiger partial charge is 0.497 e. The van der Waals surface area contributed by atoms with Gasteiger partial charge in [-0.3, -0.25) is 14.2 Å². The number of aromatic nitrogens is 2. The van der Waals surface area contributed by atoms with E-state index in [0.717, 1.165) is 52.5 Å². The van der Waals surface area contributed by atoms with E-state index in [1.54, 1.807) is 23.4 Å². The smallest absolute Gasteiger partial charge is 0.263 e. The summed E-state index contributed by atoms with van der Waals surface area (Å²) in [5.74, 6) is 1.01. The first-order valence-electron chi connectivity index (χ1n) is 11.5. The van der Waals surface area contributed by atoms with Crippen molar-refractivity contribution < 1.29 is 9.53 Å². The first kappa shape index (κ1) is 23.1. The van der Waals surface area contributed by atoms with Crippen LogP contribution in [-0.4, -0.2) is 33.6 Å². The number of carbonyl (C=O) groups is 1. The minimum absolute atomic E-state index is 0.0153. The van der Waals surface area contributed by atoms with E-state index in [1.165, 1.54) is 18.2 Å². The Morgan fingerprint density at radius 3 is 2.62 bits per heavy atom. The molecule has 0 saturated heterocycles. The van der Waals surface area contributed by atoms with Crippen molar-refractivity contribution in [2.75, 3.05) is 18.2 Å². The molecular weight excluding hydrogens is 466 g/mol. The molecule has 5 rings (SSSR count). The Labute approximate surface area is 207 Å². The zero-order valence-electron chi connectivity index (χ0n) is 19.2. The number of anilines is 1. The number of amides is 1. The fourth-order valence-electron chi connectivity index (χ4n) is 4.63. The lowest BCUT2D eigenvalue weighted by Gasteiger charge is -2.24. The predicted molar refractivity (Wildman–Crippen MR) is 138 cm³/mol. The normalized spacial score (nSPS) is 18.8. The lowest BCUT2D eigenvalue weighted by molar-refractivity contribution is -0.113. The number of fused-ring (bicyclic) bond motifs is 3. The monoisotopic (exact) mass is 493 g/mol. The number of hydrogen-bond donors (Lipinski definition) is 1. The highest BCUT2D eigenvalue weighted by Crippen LogP contribution is 2.50. The third kappa shape index (κ3) is 4.61. The second-order valence-corrected chi connectivity index (χ2v) is 10.9. The summed E-state index contributed by atoms with van der Waals surface area (Å²) in [5, 5.41) is 4.74. The van der Waals surface area contributed by atoms with Gasteiger partial charge in [-0.05, 0) is 56.2 Å². The molecule has 0 unspecified atom stereocenters. The Kier molecular flexibility index (Phi) is 6.70. The minimum Gasteiger partial charge on any atom is -0.497 e. The summed E-state index contributed by atoms with van der Waals surface area (Å²) in [6, 6.07) is 15.1. The molecule has 1 amide bonds. The van der Waals surface area contributed by atoms with Gasteiger partial charge in [0.05, 0.1) is 24.1 Å². The first-order chi connectivity index (χ1) is 16.5. The molecule has 176 valence electrons. The Morgan fingerprint density at radius 2 is 1.88 bits per heavy atom. The average Bonchev–Trinajstić information content (AvgIpc) is 3.23. The van der Waals surface area contributed by atoms with E-state index in [2.05, 4.69) is 5.32 Å². The molecule has 0 bridgehead atoms. The van der Waals surface area contributed by atoms with Crippen molar-refractivity contribution in [2.24, 2.45) is 0 Å². The van der Waals surface area contributed by atoms with Gasteiger partial charge in [-0.1, -0.05) is 42.3 Å². The number of carbonyl (C=O) groups excluding carboxylic acids is 1. The fraction of sp³-hybridized carbons (Fsp3) is 0.346. The maximum absolute atomic E-state index is 13.8. The molecule has 0 spiro atoms. The maximum Gasteiger partial charge on any atom is 0.263 e. The molecule has 2 heterocycles. The van der Waals surface area contributed by atoms with Crippen LogP contribution in [0.3, 0.4) is 0 Å². The Bertz CT molecular complexity index is 1260. The lowest BCUT2D eigenvalue weighted by atomic mass is 9.85. The van der Waals surface area contributed by atoms with Crippen LogP contribution in [0.5, 0.6) is 5.75 Å². The summed E-state index contributed by atoms with van der Waals surface area (Å²) in [7, 11) is 1.62. The topological polar surface area (TPSA) is 73.2 Å². The maximum atomic E-state index is 13.8. The Balaban J connectivity index is 1.46. The Hall–Kier alpha value is -2.71. The predicted octanol–water partition coefficient (Wildman–Crippen LogP) is 5.41. The molecule has 6 nitrogen and oxygen atoms in total. The van der Waals surface area contributed by atoms with Crippen LogP contribution in [-0.2, 0) is 4.79 Å². The molecule has 1 aromatic heterocycles. The van der Waals surface area contributed by atoms with E-state index < -0.39 is 0 Å². The standard InChI is InChI=1S/C26H27N3O3S2/c1-16-7-9-17(10-8-16)27-22(30)15-33-26-28-24-23(20-5-3-4-6-21(20)34-24)25(31)29(26)18-11-13-19(32-2)14-12-18/h7-14,20-21H,3-6,15H2,1-2H3,(H,27,30)/t20-,21+/m1/s1. The number of rotatable bonds is 6. The van der Waals surface area contributed by atoms with Crippen LogP contribution in [0.2, 0.25) is 0 Å². The second kappa shape index (κ2) is 9.88. The number of methoxy groups -OCH3 is 1. The van der Waals surface area contributed by atoms with Crippen LogP contribution in [0.4, 0.5) is 5.69 Å². The lowest BCUT2D eigenvalue weighted by Crippen LogP contribution is -2.29. The van der Waals surface area contributed by atoms with E-state index in [9.17, 15) is 9.59 Å². The number of nitrogens with zero attached hydrogens (tertiary/aromatic N) is 2. The van der Waals surface area contributed by atoms with Gasteiger partial charge in [-0.25, -0.2) is 4.98 Å². The van der Waals surface area contributed by atoms with Crippen molar-refractivity contribution in [3.8, 4) is 11.4 Å². The molecule has 3 aromatic rings. The third-order valence-electron chi connectivity index (χ3n) is 6.39.